The van der Waals surface area contributed by atoms with Crippen LogP contribution in [0, 0.1) is 0 Å². The van der Waals surface area contributed by atoms with Gasteiger partial charge in [-0.1, -0.05) is 41.8 Å². The number of hydrogen-bond acceptors (Lipinski definition) is 16. The van der Waals surface area contributed by atoms with E-state index in [1.165, 1.54) is 6.92 Å². The molecule has 0 aliphatic carbocycles. The van der Waals surface area contributed by atoms with Crippen molar-refractivity contribution >= 4 is 35.3 Å². The molecule has 1 fully saturated rings. The van der Waals surface area contributed by atoms with Crippen LogP contribution in [0.1, 0.15) is 50.3 Å². The molecule has 1 aromatic heterocycles. The van der Waals surface area contributed by atoms with Crippen molar-refractivity contribution in [2.45, 2.75) is 94.7 Å². The molecular formula is C39H61ClN6O15. The summed E-state index contributed by atoms with van der Waals surface area (Å²) in [5, 5.41) is 68.7. The van der Waals surface area contributed by atoms with Crippen molar-refractivity contribution in [1.82, 2.24) is 30.9 Å². The van der Waals surface area contributed by atoms with Crippen LogP contribution in [0.2, 0.25) is 5.02 Å². The molecule has 0 bridgehead atoms. The molecule has 3 amide bonds. The summed E-state index contributed by atoms with van der Waals surface area (Å²) in [7, 11) is 0. The average Bonchev–Trinajstić information content (AvgIpc) is 3.69. The number of carbonyl (C=O) groups excluding carboxylic acids is 3. The Morgan fingerprint density at radius 2 is 1.54 bits per heavy atom. The molecule has 1 aromatic carbocycles. The van der Waals surface area contributed by atoms with E-state index in [4.69, 9.17) is 40.0 Å². The van der Waals surface area contributed by atoms with E-state index in [0.717, 1.165) is 18.5 Å². The number of ether oxygens (including phenoxy) is 6. The first-order chi connectivity index (χ1) is 29.3. The van der Waals surface area contributed by atoms with E-state index >= 15 is 0 Å². The van der Waals surface area contributed by atoms with Crippen molar-refractivity contribution in [3.8, 4) is 0 Å². The van der Waals surface area contributed by atoms with Gasteiger partial charge in [0.25, 0.3) is 5.79 Å². The van der Waals surface area contributed by atoms with Crippen LogP contribution in [0.4, 0.5) is 0 Å². The van der Waals surface area contributed by atoms with E-state index < -0.39 is 73.6 Å². The SMILES string of the molecule is CC(=O)NCCOCCOCCOCCOCCn1cc(CCCCCCO[C@]2(C(=O)O)C[C@H](O)[C@@H](NC(=O)CO)[C@H]([C@H](O)[C@H](O)CNC(=O)Cc3ccc(Cl)cc3)O2)nn1. The van der Waals surface area contributed by atoms with Gasteiger partial charge in [0.05, 0.1) is 96.4 Å². The van der Waals surface area contributed by atoms with Crippen LogP contribution in [0.15, 0.2) is 30.5 Å². The molecule has 344 valence electrons. The fourth-order valence-corrected chi connectivity index (χ4v) is 6.26. The summed E-state index contributed by atoms with van der Waals surface area (Å²) < 4.78 is 35.0. The number of nitrogens with zero attached hydrogens (tertiary/aromatic N) is 3. The normalized spacial score (nSPS) is 19.9. The maximum atomic E-state index is 12.5. The summed E-state index contributed by atoms with van der Waals surface area (Å²) in [5.41, 5.74) is 1.45. The molecule has 2 heterocycles. The Morgan fingerprint density at radius 1 is 0.902 bits per heavy atom. The Balaban J connectivity index is 1.33. The van der Waals surface area contributed by atoms with Crippen LogP contribution in [0.3, 0.4) is 0 Å². The number of aliphatic hydroxyl groups is 4. The Morgan fingerprint density at radius 3 is 2.18 bits per heavy atom. The van der Waals surface area contributed by atoms with Crippen LogP contribution >= 0.6 is 11.6 Å². The highest BCUT2D eigenvalue weighted by Gasteiger charge is 2.55. The second-order valence-electron chi connectivity index (χ2n) is 14.2. The molecule has 3 rings (SSSR count). The number of halogens is 1. The van der Waals surface area contributed by atoms with Crippen LogP contribution in [-0.4, -0.2) is 180 Å². The molecular weight excluding hydrogens is 828 g/mol. The number of aliphatic carboxylic acids is 1. The molecule has 8 N–H and O–H groups in total. The number of aromatic nitrogens is 3. The van der Waals surface area contributed by atoms with E-state index in [0.29, 0.717) is 95.8 Å². The number of unbranched alkanes of at least 4 members (excludes halogenated alkanes) is 3. The number of hydrogen-bond donors (Lipinski definition) is 8. The number of nitrogens with one attached hydrogen (secondary N) is 3. The van der Waals surface area contributed by atoms with E-state index in [1.807, 2.05) is 6.20 Å². The average molecular weight is 889 g/mol. The maximum Gasteiger partial charge on any atom is 0.364 e. The molecule has 21 nitrogen and oxygen atoms in total. The molecule has 0 radical (unpaired) electrons. The molecule has 22 heteroatoms. The van der Waals surface area contributed by atoms with Crippen molar-refractivity contribution in [3.05, 3.63) is 46.7 Å². The zero-order valence-corrected chi connectivity index (χ0v) is 35.2. The molecule has 1 aliphatic rings. The molecule has 0 spiro atoms. The number of carbonyl (C=O) groups is 4. The number of amides is 3. The molecule has 61 heavy (non-hydrogen) atoms. The van der Waals surface area contributed by atoms with Crippen LogP contribution in [-0.2, 0) is 67.0 Å². The van der Waals surface area contributed by atoms with Gasteiger partial charge in [-0.25, -0.2) is 9.48 Å². The molecule has 1 saturated heterocycles. The zero-order chi connectivity index (χ0) is 44.5. The number of benzene rings is 1. The minimum Gasteiger partial charge on any atom is -0.477 e. The van der Waals surface area contributed by atoms with Gasteiger partial charge >= 0.3 is 5.97 Å². The highest BCUT2D eigenvalue weighted by atomic mass is 35.5. The predicted octanol–water partition coefficient (Wildman–Crippen LogP) is -1.26. The number of rotatable bonds is 32. The minimum atomic E-state index is -2.44. The number of carboxylic acid groups (broad SMARTS) is 1. The lowest BCUT2D eigenvalue weighted by Crippen LogP contribution is -2.68. The molecule has 2 aromatic rings. The third-order valence-corrected chi connectivity index (χ3v) is 9.59. The summed E-state index contributed by atoms with van der Waals surface area (Å²) in [4.78, 5) is 47.9. The van der Waals surface area contributed by atoms with Gasteiger partial charge in [0.1, 0.15) is 18.8 Å². The minimum absolute atomic E-state index is 0.0539. The van der Waals surface area contributed by atoms with Gasteiger partial charge in [-0.15, -0.1) is 5.10 Å². The summed E-state index contributed by atoms with van der Waals surface area (Å²) in [6, 6.07) is 5.09. The fourth-order valence-electron chi connectivity index (χ4n) is 6.14. The monoisotopic (exact) mass is 888 g/mol. The highest BCUT2D eigenvalue weighted by Crippen LogP contribution is 2.34. The quantitative estimate of drug-likeness (QED) is 0.0398. The zero-order valence-electron chi connectivity index (χ0n) is 34.5. The van der Waals surface area contributed by atoms with Crippen LogP contribution in [0.5, 0.6) is 0 Å². The van der Waals surface area contributed by atoms with Gasteiger partial charge < -0.3 is 69.9 Å². The molecule has 6 atom stereocenters. The predicted molar refractivity (Wildman–Crippen MR) is 215 cm³/mol. The van der Waals surface area contributed by atoms with Gasteiger partial charge in [-0.3, -0.25) is 14.4 Å². The van der Waals surface area contributed by atoms with Crippen LogP contribution in [0.25, 0.3) is 0 Å². The summed E-state index contributed by atoms with van der Waals surface area (Å²) >= 11 is 5.88. The maximum absolute atomic E-state index is 12.5. The highest BCUT2D eigenvalue weighted by molar-refractivity contribution is 6.30. The summed E-state index contributed by atoms with van der Waals surface area (Å²) in [5.74, 6) is -5.57. The van der Waals surface area contributed by atoms with Crippen molar-refractivity contribution in [2.75, 3.05) is 79.2 Å². The van der Waals surface area contributed by atoms with E-state index in [2.05, 4.69) is 26.3 Å². The number of aryl methyl sites for hydroxylation is 1. The molecule has 1 aliphatic heterocycles. The fraction of sp³-hybridized carbons (Fsp3) is 0.692. The number of aliphatic hydroxyl groups excluding tert-OH is 4. The topological polar surface area (TPSA) is 292 Å². The van der Waals surface area contributed by atoms with Crippen molar-refractivity contribution in [2.24, 2.45) is 0 Å². The lowest BCUT2D eigenvalue weighted by molar-refractivity contribution is -0.310. The summed E-state index contributed by atoms with van der Waals surface area (Å²) in [6.07, 6.45) is -2.59. The van der Waals surface area contributed by atoms with Gasteiger partial charge in [-0.05, 0) is 37.0 Å². The Labute approximate surface area is 359 Å². The van der Waals surface area contributed by atoms with Gasteiger partial charge in [0, 0.05) is 37.7 Å². The largest absolute Gasteiger partial charge is 0.477 e. The lowest BCUT2D eigenvalue weighted by atomic mass is 9.88. The standard InChI is InChI=1S/C39H61ClN6O15/c1-27(48)41-11-14-56-16-18-58-20-21-59-19-17-57-15-12-46-25-30(44-45-46)6-4-2-3-5-13-60-39(38(54)55)23-31(49)35(43-34(52)26-47)37(61-39)36(53)32(50)24-42-33(51)22-28-7-9-29(40)10-8-28/h7-10,25,31-32,35-37,47,49-50,53H,2-6,11-24,26H2,1H3,(H,41,48)(H,42,51)(H,43,52)(H,54,55)/t31-,32+,35+,36+,37+,39+/m0/s1. The third kappa shape index (κ3) is 19.8. The first kappa shape index (κ1) is 51.5. The Bertz CT molecular complexity index is 1590. The van der Waals surface area contributed by atoms with Crippen molar-refractivity contribution in [3.63, 3.8) is 0 Å². The van der Waals surface area contributed by atoms with Gasteiger partial charge in [0.15, 0.2) is 0 Å². The smallest absolute Gasteiger partial charge is 0.364 e. The first-order valence-electron chi connectivity index (χ1n) is 20.3. The number of carboxylic acids is 1. The molecule has 0 unspecified atom stereocenters. The van der Waals surface area contributed by atoms with E-state index in [-0.39, 0.29) is 18.9 Å². The second-order valence-corrected chi connectivity index (χ2v) is 14.7. The second kappa shape index (κ2) is 28.7. The van der Waals surface area contributed by atoms with Gasteiger partial charge in [-0.2, -0.15) is 0 Å². The van der Waals surface area contributed by atoms with Gasteiger partial charge in [0.2, 0.25) is 17.7 Å². The van der Waals surface area contributed by atoms with Crippen molar-refractivity contribution < 1.29 is 73.1 Å². The van der Waals surface area contributed by atoms with Crippen LogP contribution < -0.4 is 16.0 Å². The Hall–Kier alpha value is -3.87. The first-order valence-corrected chi connectivity index (χ1v) is 20.7. The van der Waals surface area contributed by atoms with E-state index in [9.17, 15) is 44.7 Å². The lowest BCUT2D eigenvalue weighted by Gasteiger charge is -2.46. The third-order valence-electron chi connectivity index (χ3n) is 9.34. The summed E-state index contributed by atoms with van der Waals surface area (Å²) in [6.45, 7) is 4.34. The van der Waals surface area contributed by atoms with Crippen molar-refractivity contribution in [1.29, 1.82) is 0 Å². The molecule has 0 saturated carbocycles. The Kier molecular flexibility index (Phi) is 24.2. The van der Waals surface area contributed by atoms with E-state index in [1.54, 1.807) is 28.9 Å².